The first kappa shape index (κ1) is 16.4. The van der Waals surface area contributed by atoms with Crippen LogP contribution in [0.2, 0.25) is 0 Å². The summed E-state index contributed by atoms with van der Waals surface area (Å²) in [4.78, 5) is 2.19. The first-order valence-electron chi connectivity index (χ1n) is 6.99. The number of sulfonamides is 1. The van der Waals surface area contributed by atoms with E-state index in [1.807, 2.05) is 24.3 Å². The summed E-state index contributed by atoms with van der Waals surface area (Å²) >= 11 is 5.57. The van der Waals surface area contributed by atoms with Gasteiger partial charge in [-0.2, -0.15) is 4.31 Å². The van der Waals surface area contributed by atoms with Crippen LogP contribution in [0.1, 0.15) is 6.42 Å². The molecule has 1 fully saturated rings. The van der Waals surface area contributed by atoms with Gasteiger partial charge in [0.25, 0.3) is 0 Å². The van der Waals surface area contributed by atoms with E-state index in [2.05, 4.69) is 4.90 Å². The number of hydrogen-bond acceptors (Lipinski definition) is 4. The third-order valence-electron chi connectivity index (χ3n) is 3.61. The quantitative estimate of drug-likeness (QED) is 0.745. The number of methoxy groups -OCH3 is 1. The Kier molecular flexibility index (Phi) is 5.72. The highest BCUT2D eigenvalue weighted by Crippen LogP contribution is 2.21. The predicted octanol–water partition coefficient (Wildman–Crippen LogP) is 1.78. The van der Waals surface area contributed by atoms with Gasteiger partial charge in [-0.05, 0) is 30.7 Å². The third-order valence-corrected chi connectivity index (χ3v) is 5.83. The summed E-state index contributed by atoms with van der Waals surface area (Å²) in [5.41, 5.74) is 1.09. The van der Waals surface area contributed by atoms with Crippen molar-refractivity contribution >= 4 is 27.3 Å². The number of nitrogens with zero attached hydrogens (tertiary/aromatic N) is 2. The van der Waals surface area contributed by atoms with Gasteiger partial charge < -0.3 is 9.64 Å². The fourth-order valence-corrected chi connectivity index (χ4v) is 4.16. The van der Waals surface area contributed by atoms with E-state index in [9.17, 15) is 8.42 Å². The number of halogens is 1. The molecule has 0 saturated carbocycles. The molecule has 0 unspecified atom stereocenters. The van der Waals surface area contributed by atoms with Crippen molar-refractivity contribution in [1.82, 2.24) is 4.31 Å². The van der Waals surface area contributed by atoms with Crippen LogP contribution < -0.4 is 9.64 Å². The minimum Gasteiger partial charge on any atom is -0.497 e. The molecular weight excluding hydrogens is 312 g/mol. The first-order chi connectivity index (χ1) is 10.1. The number of anilines is 1. The van der Waals surface area contributed by atoms with E-state index in [4.69, 9.17) is 16.3 Å². The van der Waals surface area contributed by atoms with Crippen molar-refractivity contribution in [2.45, 2.75) is 6.42 Å². The second-order valence-electron chi connectivity index (χ2n) is 4.94. The Morgan fingerprint density at radius 1 is 1.14 bits per heavy atom. The van der Waals surface area contributed by atoms with Gasteiger partial charge in [-0.15, -0.1) is 11.6 Å². The van der Waals surface area contributed by atoms with Crippen LogP contribution in [-0.2, 0) is 10.0 Å². The summed E-state index contributed by atoms with van der Waals surface area (Å²) < 4.78 is 30.9. The van der Waals surface area contributed by atoms with Crippen LogP contribution in [0.5, 0.6) is 5.75 Å². The lowest BCUT2D eigenvalue weighted by Gasteiger charge is -2.35. The number of ether oxygens (including phenoxy) is 1. The van der Waals surface area contributed by atoms with Crippen LogP contribution >= 0.6 is 11.6 Å². The SMILES string of the molecule is COc1ccc(N2CCN(S(=O)(=O)CCCCl)CC2)cc1. The topological polar surface area (TPSA) is 49.9 Å². The van der Waals surface area contributed by atoms with E-state index in [1.165, 1.54) is 0 Å². The Balaban J connectivity index is 1.93. The zero-order valence-electron chi connectivity index (χ0n) is 12.2. The van der Waals surface area contributed by atoms with E-state index in [-0.39, 0.29) is 5.75 Å². The smallest absolute Gasteiger partial charge is 0.214 e. The molecule has 0 aliphatic carbocycles. The molecule has 0 spiro atoms. The van der Waals surface area contributed by atoms with Crippen LogP contribution in [0.15, 0.2) is 24.3 Å². The molecular formula is C14H21ClN2O3S. The molecule has 1 heterocycles. The Hall–Kier alpha value is -0.980. The third kappa shape index (κ3) is 4.25. The molecule has 1 aromatic carbocycles. The maximum atomic E-state index is 12.1. The van der Waals surface area contributed by atoms with Crippen LogP contribution in [0.25, 0.3) is 0 Å². The number of alkyl halides is 1. The normalized spacial score (nSPS) is 17.0. The van der Waals surface area contributed by atoms with Gasteiger partial charge in [0.1, 0.15) is 5.75 Å². The molecule has 0 atom stereocenters. The van der Waals surface area contributed by atoms with Crippen molar-refractivity contribution in [2.75, 3.05) is 49.8 Å². The molecule has 1 aromatic rings. The fourth-order valence-electron chi connectivity index (χ4n) is 2.38. The largest absolute Gasteiger partial charge is 0.497 e. The second kappa shape index (κ2) is 7.33. The van der Waals surface area contributed by atoms with Gasteiger partial charge in [-0.25, -0.2) is 8.42 Å². The molecule has 2 rings (SSSR count). The zero-order valence-corrected chi connectivity index (χ0v) is 13.7. The van der Waals surface area contributed by atoms with Crippen LogP contribution in [0.3, 0.4) is 0 Å². The Morgan fingerprint density at radius 3 is 2.29 bits per heavy atom. The maximum absolute atomic E-state index is 12.1. The monoisotopic (exact) mass is 332 g/mol. The summed E-state index contributed by atoms with van der Waals surface area (Å²) in [5.74, 6) is 1.34. The molecule has 21 heavy (non-hydrogen) atoms. The number of piperazine rings is 1. The van der Waals surface area contributed by atoms with E-state index >= 15 is 0 Å². The maximum Gasteiger partial charge on any atom is 0.214 e. The first-order valence-corrected chi connectivity index (χ1v) is 9.14. The molecule has 0 N–H and O–H groups in total. The predicted molar refractivity (Wildman–Crippen MR) is 85.9 cm³/mol. The van der Waals surface area contributed by atoms with Crippen molar-refractivity contribution in [2.24, 2.45) is 0 Å². The average Bonchev–Trinajstić information content (AvgIpc) is 2.53. The van der Waals surface area contributed by atoms with Crippen molar-refractivity contribution in [1.29, 1.82) is 0 Å². The highest BCUT2D eigenvalue weighted by Gasteiger charge is 2.26. The lowest BCUT2D eigenvalue weighted by atomic mass is 10.2. The molecule has 118 valence electrons. The summed E-state index contributed by atoms with van der Waals surface area (Å²) in [6.45, 7) is 2.45. The van der Waals surface area contributed by atoms with Gasteiger partial charge in [-0.3, -0.25) is 0 Å². The van der Waals surface area contributed by atoms with Crippen LogP contribution in [0, 0.1) is 0 Å². The molecule has 0 amide bonds. The van der Waals surface area contributed by atoms with Crippen LogP contribution in [-0.4, -0.2) is 57.6 Å². The minimum atomic E-state index is -3.16. The summed E-state index contributed by atoms with van der Waals surface area (Å²) in [6, 6.07) is 7.82. The second-order valence-corrected chi connectivity index (χ2v) is 7.41. The van der Waals surface area contributed by atoms with Crippen molar-refractivity contribution in [3.05, 3.63) is 24.3 Å². The van der Waals surface area contributed by atoms with E-state index in [1.54, 1.807) is 11.4 Å². The number of rotatable bonds is 6. The lowest BCUT2D eigenvalue weighted by molar-refractivity contribution is 0.384. The van der Waals surface area contributed by atoms with E-state index < -0.39 is 10.0 Å². The molecule has 5 nitrogen and oxygen atoms in total. The van der Waals surface area contributed by atoms with Crippen LogP contribution in [0.4, 0.5) is 5.69 Å². The molecule has 1 aliphatic heterocycles. The van der Waals surface area contributed by atoms with Gasteiger partial charge in [0, 0.05) is 37.7 Å². The van der Waals surface area contributed by atoms with Crippen molar-refractivity contribution in [3.8, 4) is 5.75 Å². The van der Waals surface area contributed by atoms with Crippen molar-refractivity contribution in [3.63, 3.8) is 0 Å². The molecule has 0 aromatic heterocycles. The fraction of sp³-hybridized carbons (Fsp3) is 0.571. The van der Waals surface area contributed by atoms with Gasteiger partial charge in [0.15, 0.2) is 0 Å². The Bertz CT molecular complexity index is 540. The lowest BCUT2D eigenvalue weighted by Crippen LogP contribution is -2.49. The van der Waals surface area contributed by atoms with Gasteiger partial charge in [0.05, 0.1) is 12.9 Å². The highest BCUT2D eigenvalue weighted by atomic mass is 35.5. The molecule has 0 radical (unpaired) electrons. The standard InChI is InChI=1S/C14H21ClN2O3S/c1-20-14-5-3-13(4-6-14)16-8-10-17(11-9-16)21(18,19)12-2-7-15/h3-6H,2,7-12H2,1H3. The summed E-state index contributed by atoms with van der Waals surface area (Å²) in [5, 5.41) is 0. The molecule has 0 bridgehead atoms. The van der Waals surface area contributed by atoms with Gasteiger partial charge >= 0.3 is 0 Å². The zero-order chi connectivity index (χ0) is 15.3. The van der Waals surface area contributed by atoms with E-state index in [0.29, 0.717) is 38.5 Å². The number of benzene rings is 1. The minimum absolute atomic E-state index is 0.138. The average molecular weight is 333 g/mol. The van der Waals surface area contributed by atoms with Crippen molar-refractivity contribution < 1.29 is 13.2 Å². The van der Waals surface area contributed by atoms with E-state index in [0.717, 1.165) is 11.4 Å². The molecule has 1 aliphatic rings. The Morgan fingerprint density at radius 2 is 1.76 bits per heavy atom. The number of hydrogen-bond donors (Lipinski definition) is 0. The summed E-state index contributed by atoms with van der Waals surface area (Å²) in [6.07, 6.45) is 0.503. The highest BCUT2D eigenvalue weighted by molar-refractivity contribution is 7.89. The van der Waals surface area contributed by atoms with Gasteiger partial charge in [-0.1, -0.05) is 0 Å². The Labute approximate surface area is 131 Å². The molecule has 7 heteroatoms. The van der Waals surface area contributed by atoms with Gasteiger partial charge in [0.2, 0.25) is 10.0 Å². The molecule has 1 saturated heterocycles. The summed E-state index contributed by atoms with van der Waals surface area (Å²) in [7, 11) is -1.52.